The van der Waals surface area contributed by atoms with Crippen LogP contribution < -0.4 is 5.73 Å². The summed E-state index contributed by atoms with van der Waals surface area (Å²) >= 11 is 0. The lowest BCUT2D eigenvalue weighted by Crippen LogP contribution is -2.55. The second-order valence-corrected chi connectivity index (χ2v) is 7.97. The van der Waals surface area contributed by atoms with Gasteiger partial charge >= 0.3 is 0 Å². The molecule has 0 aromatic heterocycles. The first-order chi connectivity index (χ1) is 12.9. The highest BCUT2D eigenvalue weighted by atomic mass is 35.5. The van der Waals surface area contributed by atoms with Gasteiger partial charge in [-0.2, -0.15) is 0 Å². The van der Waals surface area contributed by atoms with Gasteiger partial charge in [0.1, 0.15) is 5.54 Å². The summed E-state index contributed by atoms with van der Waals surface area (Å²) in [5, 5.41) is 0. The molecule has 3 atom stereocenters. The number of amides is 1. The van der Waals surface area contributed by atoms with E-state index in [0.29, 0.717) is 6.04 Å². The van der Waals surface area contributed by atoms with Crippen molar-refractivity contribution in [2.24, 2.45) is 5.73 Å². The zero-order valence-corrected chi connectivity index (χ0v) is 19.1. The Bertz CT molecular complexity index is 755. The Morgan fingerprint density at radius 3 is 2.21 bits per heavy atom. The molecule has 0 saturated carbocycles. The smallest absolute Gasteiger partial charge is 0.246 e. The third kappa shape index (κ3) is 5.95. The van der Waals surface area contributed by atoms with Crippen molar-refractivity contribution in [3.63, 3.8) is 0 Å². The third-order valence-corrected chi connectivity index (χ3v) is 5.90. The van der Waals surface area contributed by atoms with Gasteiger partial charge in [-0.1, -0.05) is 60.7 Å². The van der Waals surface area contributed by atoms with Gasteiger partial charge in [0.05, 0.1) is 0 Å². The quantitative estimate of drug-likeness (QED) is 0.761. The first kappa shape index (κ1) is 25.4. The number of piperidine rings is 1. The number of nitrogens with zero attached hydrogens (tertiary/aromatic N) is 2. The van der Waals surface area contributed by atoms with Gasteiger partial charge in [0.15, 0.2) is 0 Å². The van der Waals surface area contributed by atoms with Crippen molar-refractivity contribution in [1.29, 1.82) is 0 Å². The number of halogens is 2. The van der Waals surface area contributed by atoms with Crippen molar-refractivity contribution < 1.29 is 4.79 Å². The summed E-state index contributed by atoms with van der Waals surface area (Å²) in [6.07, 6.45) is 1.95. The van der Waals surface area contributed by atoms with E-state index in [1.807, 2.05) is 49.2 Å². The number of carbonyl (C=O) groups excluding carboxylic acids is 1. The molecule has 160 valence electrons. The minimum absolute atomic E-state index is 0. The van der Waals surface area contributed by atoms with Crippen molar-refractivity contribution >= 4 is 30.7 Å². The SMILES string of the molecule is CC1CC(N(C)C(=O)C(C)(N)c2ccccc2)CCN1Cc1ccccc1.Cl.Cl. The van der Waals surface area contributed by atoms with Crippen LogP contribution in [0, 0.1) is 0 Å². The molecule has 1 amide bonds. The van der Waals surface area contributed by atoms with Crippen LogP contribution in [0.15, 0.2) is 60.7 Å². The van der Waals surface area contributed by atoms with Crippen LogP contribution in [0.5, 0.6) is 0 Å². The highest BCUT2D eigenvalue weighted by Gasteiger charge is 2.37. The summed E-state index contributed by atoms with van der Waals surface area (Å²) in [5.74, 6) is -0.0117. The van der Waals surface area contributed by atoms with Gasteiger partial charge in [0, 0.05) is 32.2 Å². The lowest BCUT2D eigenvalue weighted by molar-refractivity contribution is -0.138. The fourth-order valence-corrected chi connectivity index (χ4v) is 4.04. The molecule has 0 spiro atoms. The van der Waals surface area contributed by atoms with Crippen LogP contribution in [0.1, 0.15) is 37.8 Å². The zero-order chi connectivity index (χ0) is 19.4. The molecule has 0 aliphatic carbocycles. The number of likely N-dealkylation sites (tertiary alicyclic amines) is 1. The predicted molar refractivity (Wildman–Crippen MR) is 125 cm³/mol. The van der Waals surface area contributed by atoms with Crippen molar-refractivity contribution in [2.75, 3.05) is 13.6 Å². The van der Waals surface area contributed by atoms with Crippen LogP contribution in [0.2, 0.25) is 0 Å². The van der Waals surface area contributed by atoms with E-state index in [1.54, 1.807) is 0 Å². The Labute approximate surface area is 187 Å². The van der Waals surface area contributed by atoms with Gasteiger partial charge in [-0.05, 0) is 37.8 Å². The lowest BCUT2D eigenvalue weighted by Gasteiger charge is -2.43. The lowest BCUT2D eigenvalue weighted by atomic mass is 9.89. The maximum Gasteiger partial charge on any atom is 0.246 e. The molecule has 1 aliphatic rings. The minimum Gasteiger partial charge on any atom is -0.341 e. The summed E-state index contributed by atoms with van der Waals surface area (Å²) in [6.45, 7) is 6.03. The average Bonchev–Trinajstić information content (AvgIpc) is 2.70. The number of hydrogen-bond acceptors (Lipinski definition) is 3. The summed E-state index contributed by atoms with van der Waals surface area (Å²) < 4.78 is 0. The Morgan fingerprint density at radius 1 is 1.10 bits per heavy atom. The van der Waals surface area contributed by atoms with E-state index in [1.165, 1.54) is 5.56 Å². The molecular formula is C23H33Cl2N3O. The molecular weight excluding hydrogens is 405 g/mol. The molecule has 0 radical (unpaired) electrons. The maximum absolute atomic E-state index is 13.1. The van der Waals surface area contributed by atoms with Gasteiger partial charge in [-0.15, -0.1) is 24.8 Å². The molecule has 1 heterocycles. The predicted octanol–water partition coefficient (Wildman–Crippen LogP) is 4.22. The van der Waals surface area contributed by atoms with E-state index < -0.39 is 5.54 Å². The average molecular weight is 438 g/mol. The first-order valence-corrected chi connectivity index (χ1v) is 9.79. The van der Waals surface area contributed by atoms with Crippen LogP contribution in [0.3, 0.4) is 0 Å². The van der Waals surface area contributed by atoms with Crippen LogP contribution in [-0.4, -0.2) is 41.4 Å². The van der Waals surface area contributed by atoms with Gasteiger partial charge in [-0.25, -0.2) is 0 Å². The normalized spacial score (nSPS) is 21.2. The number of hydrogen-bond donors (Lipinski definition) is 1. The molecule has 3 rings (SSSR count). The van der Waals surface area contributed by atoms with E-state index >= 15 is 0 Å². The summed E-state index contributed by atoms with van der Waals surface area (Å²) in [7, 11) is 1.90. The van der Waals surface area contributed by atoms with Crippen LogP contribution in [0.4, 0.5) is 0 Å². The topological polar surface area (TPSA) is 49.6 Å². The van der Waals surface area contributed by atoms with Gasteiger partial charge in [0.25, 0.3) is 0 Å². The Morgan fingerprint density at radius 2 is 1.66 bits per heavy atom. The molecule has 2 N–H and O–H groups in total. The molecule has 1 saturated heterocycles. The Hall–Kier alpha value is -1.59. The van der Waals surface area contributed by atoms with Crippen molar-refractivity contribution in [2.45, 2.75) is 50.9 Å². The van der Waals surface area contributed by atoms with Gasteiger partial charge in [0.2, 0.25) is 5.91 Å². The second-order valence-electron chi connectivity index (χ2n) is 7.97. The third-order valence-electron chi connectivity index (χ3n) is 5.90. The fourth-order valence-electron chi connectivity index (χ4n) is 4.04. The molecule has 2 aromatic rings. The molecule has 0 bridgehead atoms. The second kappa shape index (κ2) is 11.0. The molecule has 29 heavy (non-hydrogen) atoms. The summed E-state index contributed by atoms with van der Waals surface area (Å²) in [5.41, 5.74) is 7.65. The molecule has 6 heteroatoms. The largest absolute Gasteiger partial charge is 0.341 e. The molecule has 2 aromatic carbocycles. The van der Waals surface area contributed by atoms with E-state index in [0.717, 1.165) is 31.5 Å². The monoisotopic (exact) mass is 437 g/mol. The summed E-state index contributed by atoms with van der Waals surface area (Å²) in [4.78, 5) is 17.5. The van der Waals surface area contributed by atoms with Crippen molar-refractivity contribution in [3.05, 3.63) is 71.8 Å². The molecule has 1 aliphatic heterocycles. The van der Waals surface area contributed by atoms with Crippen molar-refractivity contribution in [3.8, 4) is 0 Å². The van der Waals surface area contributed by atoms with Gasteiger partial charge < -0.3 is 10.6 Å². The minimum atomic E-state index is -1.000. The van der Waals surface area contributed by atoms with E-state index in [9.17, 15) is 4.79 Å². The molecule has 1 fully saturated rings. The number of benzene rings is 2. The fraction of sp³-hybridized carbons (Fsp3) is 0.435. The highest BCUT2D eigenvalue weighted by molar-refractivity contribution is 5.87. The number of likely N-dealkylation sites (N-methyl/N-ethyl adjacent to an activating group) is 1. The molecule has 4 nitrogen and oxygen atoms in total. The van der Waals surface area contributed by atoms with Crippen LogP contribution in [-0.2, 0) is 16.9 Å². The highest BCUT2D eigenvalue weighted by Crippen LogP contribution is 2.27. The first-order valence-electron chi connectivity index (χ1n) is 9.79. The van der Waals surface area contributed by atoms with Crippen LogP contribution in [0.25, 0.3) is 0 Å². The molecule has 3 unspecified atom stereocenters. The van der Waals surface area contributed by atoms with Crippen molar-refractivity contribution in [1.82, 2.24) is 9.80 Å². The number of rotatable bonds is 5. The van der Waals surface area contributed by atoms with E-state index in [4.69, 9.17) is 5.73 Å². The summed E-state index contributed by atoms with van der Waals surface area (Å²) in [6, 6.07) is 20.9. The number of nitrogens with two attached hydrogens (primary N) is 1. The number of carbonyl (C=O) groups is 1. The standard InChI is InChI=1S/C23H31N3O.2ClH/c1-18-16-21(14-15-26(18)17-19-10-6-4-7-11-19)25(3)22(27)23(2,24)20-12-8-5-9-13-20;;/h4-13,18,21H,14-17,24H2,1-3H3;2*1H. The van der Waals surface area contributed by atoms with E-state index in [2.05, 4.69) is 42.2 Å². The zero-order valence-electron chi connectivity index (χ0n) is 17.5. The maximum atomic E-state index is 13.1. The van der Waals surface area contributed by atoms with Crippen LogP contribution >= 0.6 is 24.8 Å². The van der Waals surface area contributed by atoms with E-state index in [-0.39, 0.29) is 36.8 Å². The Balaban J connectivity index is 0.00000210. The van der Waals surface area contributed by atoms with Gasteiger partial charge in [-0.3, -0.25) is 9.69 Å². The Kier molecular flexibility index (Phi) is 9.63.